The average molecular weight is 759 g/mol. The fourth-order valence-electron chi connectivity index (χ4n) is 8.94. The lowest BCUT2D eigenvalue weighted by Crippen LogP contribution is -2.10. The number of anilines is 3. The molecule has 0 aliphatic carbocycles. The Kier molecular flexibility index (Phi) is 7.40. The molecular formula is C54H34N2OS. The van der Waals surface area contributed by atoms with Crippen LogP contribution < -0.4 is 4.90 Å². The van der Waals surface area contributed by atoms with Crippen molar-refractivity contribution in [1.29, 1.82) is 0 Å². The van der Waals surface area contributed by atoms with Crippen LogP contribution in [0.25, 0.3) is 91.9 Å². The number of nitrogens with zero attached hydrogens (tertiary/aromatic N) is 2. The fourth-order valence-corrected chi connectivity index (χ4v) is 10.2. The van der Waals surface area contributed by atoms with E-state index in [9.17, 15) is 0 Å². The summed E-state index contributed by atoms with van der Waals surface area (Å²) in [5, 5.41) is 7.22. The SMILES string of the molecule is c1ccc(-c2ccc3c(c2)sc2c(-c4ccccc4)ccc(N(c4ccc(-n5c6ccccc6c6ccccc65)cc4)c4ccc5c(c4)oc4ccccc45)c23)cc1. The molecule has 272 valence electrons. The summed E-state index contributed by atoms with van der Waals surface area (Å²) in [6.07, 6.45) is 0. The minimum Gasteiger partial charge on any atom is -0.456 e. The molecule has 0 bridgehead atoms. The highest BCUT2D eigenvalue weighted by Crippen LogP contribution is 2.49. The summed E-state index contributed by atoms with van der Waals surface area (Å²) in [7, 11) is 0. The van der Waals surface area contributed by atoms with Gasteiger partial charge in [-0.1, -0.05) is 133 Å². The molecule has 9 aromatic carbocycles. The van der Waals surface area contributed by atoms with Crippen LogP contribution in [0.3, 0.4) is 0 Å². The van der Waals surface area contributed by atoms with E-state index in [1.54, 1.807) is 0 Å². The molecule has 3 heterocycles. The first-order valence-electron chi connectivity index (χ1n) is 19.7. The molecule has 0 amide bonds. The van der Waals surface area contributed by atoms with E-state index in [-0.39, 0.29) is 0 Å². The molecule has 12 aromatic rings. The summed E-state index contributed by atoms with van der Waals surface area (Å²) in [5.41, 5.74) is 13.4. The number of hydrogen-bond donors (Lipinski definition) is 0. The Balaban J connectivity index is 1.11. The van der Waals surface area contributed by atoms with Gasteiger partial charge in [-0.3, -0.25) is 0 Å². The predicted molar refractivity (Wildman–Crippen MR) is 247 cm³/mol. The van der Waals surface area contributed by atoms with Crippen LogP contribution in [0.4, 0.5) is 17.1 Å². The maximum Gasteiger partial charge on any atom is 0.137 e. The molecule has 0 unspecified atom stereocenters. The summed E-state index contributed by atoms with van der Waals surface area (Å²) >= 11 is 1.87. The predicted octanol–water partition coefficient (Wildman–Crippen LogP) is 15.9. The zero-order valence-corrected chi connectivity index (χ0v) is 32.2. The number of hydrogen-bond acceptors (Lipinski definition) is 3. The number of aromatic nitrogens is 1. The number of fused-ring (bicyclic) bond motifs is 9. The van der Waals surface area contributed by atoms with Gasteiger partial charge in [0.1, 0.15) is 11.2 Å². The number of rotatable bonds is 6. The first-order chi connectivity index (χ1) is 28.8. The quantitative estimate of drug-likeness (QED) is 0.168. The van der Waals surface area contributed by atoms with E-state index in [4.69, 9.17) is 4.42 Å². The number of furan rings is 1. The highest BCUT2D eigenvalue weighted by Gasteiger charge is 2.23. The summed E-state index contributed by atoms with van der Waals surface area (Å²) in [6, 6.07) is 74.4. The topological polar surface area (TPSA) is 21.3 Å². The second-order valence-electron chi connectivity index (χ2n) is 14.9. The first-order valence-corrected chi connectivity index (χ1v) is 20.5. The molecule has 4 heteroatoms. The second-order valence-corrected chi connectivity index (χ2v) is 15.9. The van der Waals surface area contributed by atoms with Crippen molar-refractivity contribution in [3.8, 4) is 27.9 Å². The molecule has 0 atom stereocenters. The highest BCUT2D eigenvalue weighted by atomic mass is 32.1. The van der Waals surface area contributed by atoms with E-state index in [2.05, 4.69) is 204 Å². The van der Waals surface area contributed by atoms with Gasteiger partial charge in [-0.15, -0.1) is 11.3 Å². The first kappa shape index (κ1) is 32.8. The number of thiophene rings is 1. The Morgan fingerprint density at radius 3 is 1.76 bits per heavy atom. The molecule has 3 aromatic heterocycles. The third-order valence-corrected chi connectivity index (χ3v) is 12.8. The van der Waals surface area contributed by atoms with Gasteiger partial charge in [-0.25, -0.2) is 0 Å². The second kappa shape index (κ2) is 13.1. The zero-order valence-electron chi connectivity index (χ0n) is 31.3. The van der Waals surface area contributed by atoms with Crippen LogP contribution in [0.5, 0.6) is 0 Å². The largest absolute Gasteiger partial charge is 0.456 e. The Morgan fingerprint density at radius 1 is 0.414 bits per heavy atom. The van der Waals surface area contributed by atoms with Crippen molar-refractivity contribution in [3.05, 3.63) is 206 Å². The van der Waals surface area contributed by atoms with Crippen molar-refractivity contribution >= 4 is 92.3 Å². The molecule has 0 fully saturated rings. The van der Waals surface area contributed by atoms with Gasteiger partial charge >= 0.3 is 0 Å². The van der Waals surface area contributed by atoms with Crippen molar-refractivity contribution in [2.45, 2.75) is 0 Å². The van der Waals surface area contributed by atoms with Crippen LogP contribution in [0.15, 0.2) is 211 Å². The highest BCUT2D eigenvalue weighted by molar-refractivity contribution is 7.26. The minimum absolute atomic E-state index is 0.866. The lowest BCUT2D eigenvalue weighted by atomic mass is 9.99. The number of benzene rings is 9. The van der Waals surface area contributed by atoms with E-state index >= 15 is 0 Å². The Hall–Kier alpha value is -7.40. The molecule has 12 rings (SSSR count). The monoisotopic (exact) mass is 758 g/mol. The van der Waals surface area contributed by atoms with Crippen LogP contribution in [-0.2, 0) is 0 Å². The smallest absolute Gasteiger partial charge is 0.137 e. The minimum atomic E-state index is 0.866. The Bertz CT molecular complexity index is 3450. The van der Waals surface area contributed by atoms with Gasteiger partial charge in [-0.05, 0) is 89.0 Å². The van der Waals surface area contributed by atoms with E-state index in [1.807, 2.05) is 23.5 Å². The van der Waals surface area contributed by atoms with Crippen LogP contribution in [0.1, 0.15) is 0 Å². The molecule has 0 aliphatic heterocycles. The molecule has 0 aliphatic rings. The lowest BCUT2D eigenvalue weighted by Gasteiger charge is -2.27. The van der Waals surface area contributed by atoms with E-state index in [0.717, 1.165) is 44.7 Å². The van der Waals surface area contributed by atoms with Gasteiger partial charge in [0.05, 0.1) is 16.7 Å². The summed E-state index contributed by atoms with van der Waals surface area (Å²) in [6.45, 7) is 0. The maximum absolute atomic E-state index is 6.51. The fraction of sp³-hybridized carbons (Fsp3) is 0. The van der Waals surface area contributed by atoms with Gasteiger partial charge in [0.25, 0.3) is 0 Å². The Labute approximate surface area is 338 Å². The van der Waals surface area contributed by atoms with Crippen molar-refractivity contribution in [3.63, 3.8) is 0 Å². The molecule has 0 N–H and O–H groups in total. The molecule has 0 saturated carbocycles. The maximum atomic E-state index is 6.51. The van der Waals surface area contributed by atoms with Crippen molar-refractivity contribution in [2.75, 3.05) is 4.90 Å². The molecular weight excluding hydrogens is 725 g/mol. The molecule has 58 heavy (non-hydrogen) atoms. The van der Waals surface area contributed by atoms with Gasteiger partial charge in [0.2, 0.25) is 0 Å². The van der Waals surface area contributed by atoms with Crippen LogP contribution in [0.2, 0.25) is 0 Å². The van der Waals surface area contributed by atoms with Crippen molar-refractivity contribution < 1.29 is 4.42 Å². The normalized spacial score (nSPS) is 11.8. The number of para-hydroxylation sites is 3. The van der Waals surface area contributed by atoms with Gasteiger partial charge < -0.3 is 13.9 Å². The summed E-state index contributed by atoms with van der Waals surface area (Å²) in [4.78, 5) is 2.41. The molecule has 0 spiro atoms. The van der Waals surface area contributed by atoms with E-state index < -0.39 is 0 Å². The van der Waals surface area contributed by atoms with Gasteiger partial charge in [0, 0.05) is 64.8 Å². The van der Waals surface area contributed by atoms with Crippen LogP contribution in [-0.4, -0.2) is 4.57 Å². The van der Waals surface area contributed by atoms with Crippen LogP contribution >= 0.6 is 11.3 Å². The third kappa shape index (κ3) is 5.12. The lowest BCUT2D eigenvalue weighted by molar-refractivity contribution is 0.669. The van der Waals surface area contributed by atoms with E-state index in [1.165, 1.54) is 64.2 Å². The van der Waals surface area contributed by atoms with Gasteiger partial charge in [0.15, 0.2) is 0 Å². The average Bonchev–Trinajstić information content (AvgIpc) is 3.97. The summed E-state index contributed by atoms with van der Waals surface area (Å²) < 4.78 is 11.4. The molecule has 0 saturated heterocycles. The van der Waals surface area contributed by atoms with Crippen molar-refractivity contribution in [2.24, 2.45) is 0 Å². The van der Waals surface area contributed by atoms with Crippen molar-refractivity contribution in [1.82, 2.24) is 4.57 Å². The standard InChI is InChI=1S/C54H34N2OS/c1-3-13-35(14-4-1)37-23-29-46-52(33-37)58-54-41(36-15-5-2-6-16-36)31-32-49(53(46)54)55(40-28-30-45-44-19-9-12-22-50(44)57-51(45)34-40)38-24-26-39(27-25-38)56-47-20-10-7-17-42(47)43-18-8-11-21-48(43)56/h1-34H. The zero-order chi connectivity index (χ0) is 38.2. The Morgan fingerprint density at radius 2 is 1.02 bits per heavy atom. The summed E-state index contributed by atoms with van der Waals surface area (Å²) in [5.74, 6) is 0. The van der Waals surface area contributed by atoms with E-state index in [0.29, 0.717) is 0 Å². The molecule has 0 radical (unpaired) electrons. The van der Waals surface area contributed by atoms with Gasteiger partial charge in [-0.2, -0.15) is 0 Å². The molecule has 3 nitrogen and oxygen atoms in total. The van der Waals surface area contributed by atoms with Crippen LogP contribution in [0, 0.1) is 0 Å². The third-order valence-electron chi connectivity index (χ3n) is 11.6.